The van der Waals surface area contributed by atoms with Crippen molar-refractivity contribution >= 4 is 17.7 Å². The van der Waals surface area contributed by atoms with Gasteiger partial charge in [-0.15, -0.1) is 10.2 Å². The summed E-state index contributed by atoms with van der Waals surface area (Å²) in [5.41, 5.74) is 3.92. The summed E-state index contributed by atoms with van der Waals surface area (Å²) in [6, 6.07) is 15.9. The summed E-state index contributed by atoms with van der Waals surface area (Å²) in [4.78, 5) is 12.3. The maximum atomic E-state index is 12.3. The van der Waals surface area contributed by atoms with Gasteiger partial charge in [0.1, 0.15) is 5.82 Å². The molecule has 1 aromatic heterocycles. The van der Waals surface area contributed by atoms with E-state index in [0.717, 1.165) is 47.8 Å². The molecule has 0 saturated carbocycles. The van der Waals surface area contributed by atoms with E-state index in [1.165, 1.54) is 18.4 Å². The summed E-state index contributed by atoms with van der Waals surface area (Å²) in [5, 5.41) is 11.7. The van der Waals surface area contributed by atoms with Crippen molar-refractivity contribution in [1.82, 2.24) is 14.8 Å². The third-order valence-corrected chi connectivity index (χ3v) is 5.00. The molecule has 5 heteroatoms. The molecule has 0 aliphatic carbocycles. The topological polar surface area (TPSA) is 59.8 Å². The van der Waals surface area contributed by atoms with Gasteiger partial charge in [0.2, 0.25) is 5.91 Å². The molecular weight excluding hydrogens is 348 g/mol. The molecule has 2 aromatic carbocycles. The van der Waals surface area contributed by atoms with Gasteiger partial charge in [0.15, 0.2) is 5.82 Å². The van der Waals surface area contributed by atoms with E-state index in [-0.39, 0.29) is 5.91 Å². The first-order chi connectivity index (χ1) is 13.7. The Labute approximate surface area is 165 Å². The van der Waals surface area contributed by atoms with Crippen LogP contribution in [0.25, 0.3) is 17.5 Å². The number of rotatable bonds is 4. The van der Waals surface area contributed by atoms with Gasteiger partial charge in [0.25, 0.3) is 0 Å². The van der Waals surface area contributed by atoms with Crippen LogP contribution in [-0.4, -0.2) is 20.7 Å². The molecule has 142 valence electrons. The van der Waals surface area contributed by atoms with Gasteiger partial charge >= 0.3 is 0 Å². The van der Waals surface area contributed by atoms with Crippen LogP contribution in [0, 0.1) is 6.92 Å². The molecule has 3 aromatic rings. The van der Waals surface area contributed by atoms with E-state index in [1.54, 1.807) is 6.08 Å². The number of carbonyl (C=O) groups is 1. The number of fused-ring (bicyclic) bond motifs is 1. The van der Waals surface area contributed by atoms with Crippen molar-refractivity contribution in [2.45, 2.75) is 39.2 Å². The Bertz CT molecular complexity index is 1000. The maximum absolute atomic E-state index is 12.3. The van der Waals surface area contributed by atoms with Crippen molar-refractivity contribution in [3.05, 3.63) is 71.6 Å². The second-order valence-electron chi connectivity index (χ2n) is 7.22. The number of aryl methyl sites for hydroxylation is 2. The number of nitrogens with zero attached hydrogens (tertiary/aromatic N) is 3. The lowest BCUT2D eigenvalue weighted by molar-refractivity contribution is -0.111. The molecule has 0 saturated heterocycles. The normalized spacial score (nSPS) is 13.9. The van der Waals surface area contributed by atoms with Crippen molar-refractivity contribution in [2.75, 3.05) is 5.32 Å². The Morgan fingerprint density at radius 3 is 2.79 bits per heavy atom. The Morgan fingerprint density at radius 2 is 1.93 bits per heavy atom. The smallest absolute Gasteiger partial charge is 0.248 e. The van der Waals surface area contributed by atoms with Gasteiger partial charge in [-0.25, -0.2) is 0 Å². The van der Waals surface area contributed by atoms with Crippen LogP contribution in [0.2, 0.25) is 0 Å². The first kappa shape index (κ1) is 18.2. The monoisotopic (exact) mass is 372 g/mol. The zero-order valence-corrected chi connectivity index (χ0v) is 16.1. The molecule has 5 nitrogen and oxygen atoms in total. The molecule has 0 spiro atoms. The molecule has 0 radical (unpaired) electrons. The highest BCUT2D eigenvalue weighted by Gasteiger charge is 2.16. The summed E-state index contributed by atoms with van der Waals surface area (Å²) in [6.45, 7) is 3.00. The average molecular weight is 372 g/mol. The second kappa shape index (κ2) is 8.21. The standard InChI is InChI=1S/C23H24N4O/c1-17-9-11-18(12-10-17)13-14-22(28)24-20-7-5-6-19(16-20)23-26-25-21-8-3-2-4-15-27(21)23/h5-7,9-14,16H,2-4,8,15H2,1H3,(H,24,28)/b14-13+. The molecule has 4 rings (SSSR count). The van der Waals surface area contributed by atoms with Gasteiger partial charge in [0.05, 0.1) is 0 Å². The van der Waals surface area contributed by atoms with Crippen molar-refractivity contribution in [3.63, 3.8) is 0 Å². The number of hydrogen-bond acceptors (Lipinski definition) is 3. The predicted octanol–water partition coefficient (Wildman–Crippen LogP) is 4.63. The van der Waals surface area contributed by atoms with E-state index in [1.807, 2.05) is 61.5 Å². The summed E-state index contributed by atoms with van der Waals surface area (Å²) in [5.74, 6) is 1.78. The Morgan fingerprint density at radius 1 is 1.07 bits per heavy atom. The van der Waals surface area contributed by atoms with E-state index in [0.29, 0.717) is 0 Å². The van der Waals surface area contributed by atoms with Crippen LogP contribution < -0.4 is 5.32 Å². The Balaban J connectivity index is 1.49. The minimum Gasteiger partial charge on any atom is -0.322 e. The van der Waals surface area contributed by atoms with Crippen molar-refractivity contribution < 1.29 is 4.79 Å². The largest absolute Gasteiger partial charge is 0.322 e. The van der Waals surface area contributed by atoms with Crippen molar-refractivity contribution in [3.8, 4) is 11.4 Å². The van der Waals surface area contributed by atoms with E-state index in [9.17, 15) is 4.79 Å². The van der Waals surface area contributed by atoms with Crippen molar-refractivity contribution in [2.24, 2.45) is 0 Å². The highest BCUT2D eigenvalue weighted by Crippen LogP contribution is 2.24. The first-order valence-electron chi connectivity index (χ1n) is 9.77. The molecule has 28 heavy (non-hydrogen) atoms. The minimum absolute atomic E-state index is 0.155. The molecule has 0 atom stereocenters. The summed E-state index contributed by atoms with van der Waals surface area (Å²) in [7, 11) is 0. The van der Waals surface area contributed by atoms with Gasteiger partial charge < -0.3 is 9.88 Å². The third-order valence-electron chi connectivity index (χ3n) is 5.00. The van der Waals surface area contributed by atoms with E-state index >= 15 is 0 Å². The molecule has 1 aliphatic heterocycles. The highest BCUT2D eigenvalue weighted by atomic mass is 16.1. The van der Waals surface area contributed by atoms with E-state index in [2.05, 4.69) is 20.1 Å². The van der Waals surface area contributed by atoms with Crippen LogP contribution in [0.15, 0.2) is 54.6 Å². The lowest BCUT2D eigenvalue weighted by Gasteiger charge is -2.09. The fourth-order valence-corrected chi connectivity index (χ4v) is 3.47. The SMILES string of the molecule is Cc1ccc(/C=C/C(=O)Nc2cccc(-c3nnc4n3CCCCC4)c2)cc1. The number of anilines is 1. The van der Waals surface area contributed by atoms with E-state index in [4.69, 9.17) is 0 Å². The van der Waals surface area contributed by atoms with Crippen LogP contribution in [-0.2, 0) is 17.8 Å². The second-order valence-corrected chi connectivity index (χ2v) is 7.22. The fourth-order valence-electron chi connectivity index (χ4n) is 3.47. The van der Waals surface area contributed by atoms with Gasteiger partial charge in [-0.3, -0.25) is 4.79 Å². The summed E-state index contributed by atoms with van der Waals surface area (Å²) < 4.78 is 2.21. The van der Waals surface area contributed by atoms with Crippen LogP contribution in [0.3, 0.4) is 0 Å². The molecule has 0 unspecified atom stereocenters. The maximum Gasteiger partial charge on any atom is 0.248 e. The molecule has 0 fully saturated rings. The minimum atomic E-state index is -0.155. The van der Waals surface area contributed by atoms with Crippen LogP contribution in [0.4, 0.5) is 5.69 Å². The van der Waals surface area contributed by atoms with E-state index < -0.39 is 0 Å². The quantitative estimate of drug-likeness (QED) is 0.679. The Kier molecular flexibility index (Phi) is 5.33. The summed E-state index contributed by atoms with van der Waals surface area (Å²) >= 11 is 0. The number of nitrogens with one attached hydrogen (secondary N) is 1. The van der Waals surface area contributed by atoms with Crippen LogP contribution in [0.1, 0.15) is 36.2 Å². The van der Waals surface area contributed by atoms with Gasteiger partial charge in [-0.2, -0.15) is 0 Å². The Hall–Kier alpha value is -3.21. The molecule has 2 heterocycles. The van der Waals surface area contributed by atoms with Crippen molar-refractivity contribution in [1.29, 1.82) is 0 Å². The highest BCUT2D eigenvalue weighted by molar-refractivity contribution is 6.02. The molecule has 1 amide bonds. The van der Waals surface area contributed by atoms with Gasteiger partial charge in [0, 0.05) is 30.3 Å². The zero-order chi connectivity index (χ0) is 19.3. The molecule has 1 N–H and O–H groups in total. The number of carbonyl (C=O) groups excluding carboxylic acids is 1. The fraction of sp³-hybridized carbons (Fsp3) is 0.261. The number of aromatic nitrogens is 3. The zero-order valence-electron chi connectivity index (χ0n) is 16.1. The van der Waals surface area contributed by atoms with Crippen LogP contribution >= 0.6 is 0 Å². The lowest BCUT2D eigenvalue weighted by atomic mass is 10.1. The predicted molar refractivity (Wildman–Crippen MR) is 112 cm³/mol. The third kappa shape index (κ3) is 4.19. The molecular formula is C23H24N4O. The van der Waals surface area contributed by atoms with Gasteiger partial charge in [-0.1, -0.05) is 48.4 Å². The van der Waals surface area contributed by atoms with Gasteiger partial charge in [-0.05, 0) is 43.5 Å². The summed E-state index contributed by atoms with van der Waals surface area (Å²) in [6.07, 6.45) is 7.90. The molecule has 1 aliphatic rings. The average Bonchev–Trinajstić information content (AvgIpc) is 2.96. The number of benzene rings is 2. The number of amides is 1. The first-order valence-corrected chi connectivity index (χ1v) is 9.77. The van der Waals surface area contributed by atoms with Crippen LogP contribution in [0.5, 0.6) is 0 Å². The molecule has 0 bridgehead atoms. The number of hydrogen-bond donors (Lipinski definition) is 1. The lowest BCUT2D eigenvalue weighted by Crippen LogP contribution is -2.08.